The fourth-order valence-corrected chi connectivity index (χ4v) is 0.775. The lowest BCUT2D eigenvalue weighted by Gasteiger charge is -2.07. The number of carbonyl (C=O) groups excluding carboxylic acids is 1. The summed E-state index contributed by atoms with van der Waals surface area (Å²) in [6.07, 6.45) is 1.29. The molecule has 0 aromatic rings. The number of carbonyl (C=O) groups is 1. The van der Waals surface area contributed by atoms with Crippen molar-refractivity contribution in [2.45, 2.75) is 6.92 Å². The SMILES string of the molecule is C=COCCOC(=O)C(=C)COCC(=C)C. The third-order valence-electron chi connectivity index (χ3n) is 1.47. The fraction of sp³-hybridized carbons (Fsp3) is 0.417. The van der Waals surface area contributed by atoms with E-state index >= 15 is 0 Å². The van der Waals surface area contributed by atoms with Crippen LogP contribution in [0.4, 0.5) is 0 Å². The molecule has 0 atom stereocenters. The van der Waals surface area contributed by atoms with Crippen molar-refractivity contribution in [1.29, 1.82) is 0 Å². The Labute approximate surface area is 96.2 Å². The third kappa shape index (κ3) is 7.82. The van der Waals surface area contributed by atoms with E-state index in [1.807, 2.05) is 6.92 Å². The highest BCUT2D eigenvalue weighted by molar-refractivity contribution is 5.87. The van der Waals surface area contributed by atoms with E-state index in [0.717, 1.165) is 5.57 Å². The summed E-state index contributed by atoms with van der Waals surface area (Å²) in [4.78, 5) is 11.3. The number of ether oxygens (including phenoxy) is 3. The van der Waals surface area contributed by atoms with Gasteiger partial charge in [0, 0.05) is 0 Å². The van der Waals surface area contributed by atoms with Gasteiger partial charge in [-0.3, -0.25) is 0 Å². The molecule has 0 saturated heterocycles. The minimum Gasteiger partial charge on any atom is -0.498 e. The largest absolute Gasteiger partial charge is 0.498 e. The van der Waals surface area contributed by atoms with Gasteiger partial charge >= 0.3 is 5.97 Å². The second-order valence-electron chi connectivity index (χ2n) is 3.23. The van der Waals surface area contributed by atoms with Crippen LogP contribution in [0, 0.1) is 0 Å². The second-order valence-corrected chi connectivity index (χ2v) is 3.23. The molecule has 90 valence electrons. The van der Waals surface area contributed by atoms with Crippen molar-refractivity contribution < 1.29 is 19.0 Å². The third-order valence-corrected chi connectivity index (χ3v) is 1.47. The second kappa shape index (κ2) is 8.73. The van der Waals surface area contributed by atoms with E-state index < -0.39 is 5.97 Å². The Morgan fingerprint density at radius 2 is 1.94 bits per heavy atom. The molecule has 4 nitrogen and oxygen atoms in total. The molecule has 4 heteroatoms. The summed E-state index contributed by atoms with van der Waals surface area (Å²) < 4.78 is 14.8. The van der Waals surface area contributed by atoms with Gasteiger partial charge in [0.2, 0.25) is 0 Å². The van der Waals surface area contributed by atoms with E-state index in [0.29, 0.717) is 6.61 Å². The first-order valence-electron chi connectivity index (χ1n) is 4.87. The zero-order valence-corrected chi connectivity index (χ0v) is 9.66. The predicted octanol–water partition coefficient (Wildman–Crippen LogP) is 1.84. The molecular weight excluding hydrogens is 208 g/mol. The summed E-state index contributed by atoms with van der Waals surface area (Å²) in [5.41, 5.74) is 1.17. The number of esters is 1. The van der Waals surface area contributed by atoms with Crippen LogP contribution in [0.2, 0.25) is 0 Å². The van der Waals surface area contributed by atoms with Gasteiger partial charge in [-0.2, -0.15) is 0 Å². The van der Waals surface area contributed by atoms with E-state index in [2.05, 4.69) is 19.7 Å². The molecule has 0 fully saturated rings. The Bertz CT molecular complexity index is 268. The maximum atomic E-state index is 11.3. The fourth-order valence-electron chi connectivity index (χ4n) is 0.775. The van der Waals surface area contributed by atoms with E-state index in [4.69, 9.17) is 14.2 Å². The molecule has 0 heterocycles. The van der Waals surface area contributed by atoms with Crippen LogP contribution in [0.5, 0.6) is 0 Å². The summed E-state index contributed by atoms with van der Waals surface area (Å²) in [5.74, 6) is -0.477. The van der Waals surface area contributed by atoms with Crippen LogP contribution in [-0.4, -0.2) is 32.4 Å². The average molecular weight is 226 g/mol. The summed E-state index contributed by atoms with van der Waals surface area (Å²) in [6.45, 7) is 13.4. The number of rotatable bonds is 9. The topological polar surface area (TPSA) is 44.8 Å². The van der Waals surface area contributed by atoms with Crippen molar-refractivity contribution >= 4 is 5.97 Å². The van der Waals surface area contributed by atoms with Gasteiger partial charge in [-0.15, -0.1) is 0 Å². The summed E-state index contributed by atoms with van der Waals surface area (Å²) in [5, 5.41) is 0. The molecule has 0 aliphatic rings. The van der Waals surface area contributed by atoms with Crippen molar-refractivity contribution in [2.75, 3.05) is 26.4 Å². The molecule has 0 amide bonds. The van der Waals surface area contributed by atoms with Crippen LogP contribution in [0.1, 0.15) is 6.92 Å². The van der Waals surface area contributed by atoms with E-state index in [9.17, 15) is 4.79 Å². The molecule has 0 aromatic carbocycles. The van der Waals surface area contributed by atoms with Crippen LogP contribution >= 0.6 is 0 Å². The summed E-state index contributed by atoms with van der Waals surface area (Å²) >= 11 is 0. The van der Waals surface area contributed by atoms with Gasteiger partial charge in [0.15, 0.2) is 0 Å². The normalized spacial score (nSPS) is 9.31. The Balaban J connectivity index is 3.61. The Kier molecular flexibility index (Phi) is 7.89. The molecule has 16 heavy (non-hydrogen) atoms. The first-order chi connectivity index (χ1) is 7.57. The average Bonchev–Trinajstić information content (AvgIpc) is 2.23. The standard InChI is InChI=1S/C12H18O4/c1-5-14-6-7-16-12(13)11(4)9-15-8-10(2)3/h5H,1-2,4,6-9H2,3H3. The summed E-state index contributed by atoms with van der Waals surface area (Å²) in [7, 11) is 0. The van der Waals surface area contributed by atoms with Gasteiger partial charge in [0.05, 0.1) is 25.0 Å². The first-order valence-corrected chi connectivity index (χ1v) is 4.87. The number of hydrogen-bond donors (Lipinski definition) is 0. The van der Waals surface area contributed by atoms with Crippen molar-refractivity contribution in [3.05, 3.63) is 37.1 Å². The highest BCUT2D eigenvalue weighted by Gasteiger charge is 2.08. The van der Waals surface area contributed by atoms with Gasteiger partial charge in [0.1, 0.15) is 13.2 Å². The molecule has 0 unspecified atom stereocenters. The Morgan fingerprint density at radius 1 is 1.25 bits per heavy atom. The highest BCUT2D eigenvalue weighted by atomic mass is 16.6. The van der Waals surface area contributed by atoms with Crippen LogP contribution in [-0.2, 0) is 19.0 Å². The molecule has 0 saturated carbocycles. The van der Waals surface area contributed by atoms with Gasteiger partial charge in [-0.05, 0) is 6.92 Å². The minimum absolute atomic E-state index is 0.147. The molecule has 0 aliphatic heterocycles. The van der Waals surface area contributed by atoms with Gasteiger partial charge in [-0.1, -0.05) is 25.3 Å². The Hall–Kier alpha value is -1.55. The van der Waals surface area contributed by atoms with E-state index in [1.54, 1.807) is 0 Å². The summed E-state index contributed by atoms with van der Waals surface area (Å²) in [6, 6.07) is 0. The minimum atomic E-state index is -0.477. The van der Waals surface area contributed by atoms with Gasteiger partial charge in [-0.25, -0.2) is 4.79 Å². The molecule has 0 aliphatic carbocycles. The van der Waals surface area contributed by atoms with Crippen molar-refractivity contribution in [1.82, 2.24) is 0 Å². The molecule has 0 bridgehead atoms. The number of hydrogen-bond acceptors (Lipinski definition) is 4. The monoisotopic (exact) mass is 226 g/mol. The molecule has 0 spiro atoms. The molecule has 0 aromatic heterocycles. The molecule has 0 N–H and O–H groups in total. The molecule has 0 radical (unpaired) electrons. The van der Waals surface area contributed by atoms with Crippen LogP contribution < -0.4 is 0 Å². The van der Waals surface area contributed by atoms with Crippen LogP contribution in [0.3, 0.4) is 0 Å². The maximum Gasteiger partial charge on any atom is 0.335 e. The zero-order chi connectivity index (χ0) is 12.4. The van der Waals surface area contributed by atoms with Crippen molar-refractivity contribution in [3.8, 4) is 0 Å². The zero-order valence-electron chi connectivity index (χ0n) is 9.66. The molecule has 0 rings (SSSR count). The van der Waals surface area contributed by atoms with Gasteiger partial charge < -0.3 is 14.2 Å². The van der Waals surface area contributed by atoms with E-state index in [1.165, 1.54) is 6.26 Å². The molecular formula is C12H18O4. The maximum absolute atomic E-state index is 11.3. The van der Waals surface area contributed by atoms with Gasteiger partial charge in [0.25, 0.3) is 0 Å². The predicted molar refractivity (Wildman–Crippen MR) is 61.9 cm³/mol. The lowest BCUT2D eigenvalue weighted by atomic mass is 10.3. The van der Waals surface area contributed by atoms with Crippen LogP contribution in [0.15, 0.2) is 37.1 Å². The van der Waals surface area contributed by atoms with Crippen LogP contribution in [0.25, 0.3) is 0 Å². The Morgan fingerprint density at radius 3 is 2.50 bits per heavy atom. The van der Waals surface area contributed by atoms with Crippen molar-refractivity contribution in [3.63, 3.8) is 0 Å². The smallest absolute Gasteiger partial charge is 0.335 e. The van der Waals surface area contributed by atoms with Crippen molar-refractivity contribution in [2.24, 2.45) is 0 Å². The van der Waals surface area contributed by atoms with E-state index in [-0.39, 0.29) is 25.4 Å². The highest BCUT2D eigenvalue weighted by Crippen LogP contribution is 1.98. The lowest BCUT2D eigenvalue weighted by Crippen LogP contribution is -2.14. The quantitative estimate of drug-likeness (QED) is 0.198. The lowest BCUT2D eigenvalue weighted by molar-refractivity contribution is -0.140. The first kappa shape index (κ1) is 14.5.